The van der Waals surface area contributed by atoms with Crippen molar-refractivity contribution in [2.24, 2.45) is 10.8 Å². The summed E-state index contributed by atoms with van der Waals surface area (Å²) >= 11 is 0. The van der Waals surface area contributed by atoms with E-state index in [9.17, 15) is 47.9 Å². The van der Waals surface area contributed by atoms with Crippen LogP contribution in [0.3, 0.4) is 0 Å². The van der Waals surface area contributed by atoms with E-state index in [2.05, 4.69) is 65.3 Å². The van der Waals surface area contributed by atoms with Crippen molar-refractivity contribution in [2.75, 3.05) is 27.2 Å². The monoisotopic (exact) mass is 1260 g/mol. The SMILES string of the molecule is CN[C@@H](C)C(=O)N[C@H](C(=O)N1C[C@@H](NC(=O)c2ccc(CNC(=O)CCC(=O)NCc3ccc(C(=O)N[C@H]4C[C@@H](C(=O)NC5CCCc6ccccc65)N(C(=O)[C@@H](NC(=O)[C@H](C)NC)C(C)(C)C)C4)cc3)cc2)C[C@H]1C(=O)NC1CCCc2ccccc21)C(C)(C)C. The summed E-state index contributed by atoms with van der Waals surface area (Å²) in [6.07, 6.45) is 5.25. The van der Waals surface area contributed by atoms with E-state index in [0.29, 0.717) is 22.3 Å². The molecule has 10 N–H and O–H groups in total. The molecular weight excluding hydrogens is 1170 g/mol. The van der Waals surface area contributed by atoms with Crippen LogP contribution < -0.4 is 53.2 Å². The van der Waals surface area contributed by atoms with E-state index in [-0.39, 0.29) is 99.4 Å². The molecule has 2 heterocycles. The summed E-state index contributed by atoms with van der Waals surface area (Å²) in [5.41, 5.74) is 5.08. The van der Waals surface area contributed by atoms with Gasteiger partial charge < -0.3 is 63.0 Å². The fourth-order valence-electron chi connectivity index (χ4n) is 12.5. The summed E-state index contributed by atoms with van der Waals surface area (Å²) in [4.78, 5) is 140. The zero-order chi connectivity index (χ0) is 66.6. The van der Waals surface area contributed by atoms with Gasteiger partial charge in [-0.1, -0.05) is 114 Å². The molecule has 92 heavy (non-hydrogen) atoms. The summed E-state index contributed by atoms with van der Waals surface area (Å²) in [6.45, 7) is 14.9. The normalized spacial score (nSPS) is 20.8. The molecule has 494 valence electrons. The summed E-state index contributed by atoms with van der Waals surface area (Å²) in [7, 11) is 3.31. The number of fused-ring (bicyclic) bond motifs is 2. The second-order valence-corrected chi connectivity index (χ2v) is 27.2. The lowest BCUT2D eigenvalue weighted by atomic mass is 9.85. The standard InChI is InChI=1S/C70H94N12O10/c1-41(71-9)61(85)79-59(69(3,4)5)67(91)81-39-49(35-55(81)65(89)77-53-23-15-19-45-17-11-13-21-51(45)53)75-63(87)47-29-25-43(26-30-47)37-73-57(83)33-34-58(84)74-38-44-27-31-48(32-28-44)64(88)76-50-36-56(66(90)78-54-24-16-20-46-18-12-14-22-52(46)54)82(40-50)68(92)60(70(6,7)8)80-62(86)42(2)72-10/h11-14,17-18,21-22,25-32,41-42,49-50,53-56,59-60,71-72H,15-16,19-20,23-24,33-40H2,1-10H3,(H,73,83)(H,74,84)(H,75,87)(H,76,88)(H,77,89)(H,78,90)(H,79,85)(H,80,86)/t41-,42-,49-,50-,53?,54?,55-,56-,59+,60+/m0/s1. The third-order valence-electron chi connectivity index (χ3n) is 18.3. The molecule has 2 aliphatic heterocycles. The number of carbonyl (C=O) groups excluding carboxylic acids is 10. The van der Waals surface area contributed by atoms with Crippen molar-refractivity contribution in [1.29, 1.82) is 0 Å². The Morgan fingerprint density at radius 1 is 0.489 bits per heavy atom. The first-order valence-electron chi connectivity index (χ1n) is 32.4. The first kappa shape index (κ1) is 69.4. The molecule has 2 unspecified atom stereocenters. The molecule has 10 atom stereocenters. The van der Waals surface area contributed by atoms with Crippen LogP contribution in [0, 0.1) is 10.8 Å². The van der Waals surface area contributed by atoms with E-state index in [1.165, 1.54) is 20.9 Å². The summed E-state index contributed by atoms with van der Waals surface area (Å²) in [6, 6.07) is 22.8. The molecule has 0 saturated carbocycles. The van der Waals surface area contributed by atoms with Crippen LogP contribution in [0.5, 0.6) is 0 Å². The third kappa shape index (κ3) is 17.7. The van der Waals surface area contributed by atoms with Crippen LogP contribution in [0.25, 0.3) is 0 Å². The van der Waals surface area contributed by atoms with Crippen LogP contribution in [0.4, 0.5) is 0 Å². The zero-order valence-electron chi connectivity index (χ0n) is 54.9. The number of rotatable bonds is 23. The van der Waals surface area contributed by atoms with Crippen LogP contribution >= 0.6 is 0 Å². The smallest absolute Gasteiger partial charge is 0.251 e. The molecule has 10 amide bonds. The van der Waals surface area contributed by atoms with E-state index in [0.717, 1.165) is 49.7 Å². The second-order valence-electron chi connectivity index (χ2n) is 27.2. The number of hydrogen-bond donors (Lipinski definition) is 10. The van der Waals surface area contributed by atoms with Gasteiger partial charge in [-0.15, -0.1) is 0 Å². The van der Waals surface area contributed by atoms with Crippen molar-refractivity contribution in [2.45, 2.75) is 193 Å². The van der Waals surface area contributed by atoms with Crippen molar-refractivity contribution in [1.82, 2.24) is 63.0 Å². The molecule has 4 aromatic carbocycles. The maximum absolute atomic E-state index is 14.6. The number of likely N-dealkylation sites (tertiary alicyclic amines) is 2. The molecule has 8 rings (SSSR count). The molecule has 0 spiro atoms. The topological polar surface area (TPSA) is 297 Å². The predicted molar refractivity (Wildman–Crippen MR) is 349 cm³/mol. The highest BCUT2D eigenvalue weighted by Crippen LogP contribution is 2.34. The molecule has 0 aromatic heterocycles. The maximum Gasteiger partial charge on any atom is 0.251 e. The molecule has 22 nitrogen and oxygen atoms in total. The zero-order valence-corrected chi connectivity index (χ0v) is 54.9. The fourth-order valence-corrected chi connectivity index (χ4v) is 12.5. The van der Waals surface area contributed by atoms with Gasteiger partial charge in [-0.05, 0) is 148 Å². The molecule has 4 aliphatic rings. The fraction of sp³-hybridized carbons (Fsp3) is 0.514. The maximum atomic E-state index is 14.6. The first-order chi connectivity index (χ1) is 43.7. The number of nitrogens with zero attached hydrogens (tertiary/aromatic N) is 2. The van der Waals surface area contributed by atoms with Crippen molar-refractivity contribution >= 4 is 59.1 Å². The number of benzene rings is 4. The van der Waals surface area contributed by atoms with Crippen LogP contribution in [-0.2, 0) is 64.3 Å². The van der Waals surface area contributed by atoms with Crippen molar-refractivity contribution in [3.05, 3.63) is 142 Å². The Kier molecular flexibility index (Phi) is 23.2. The molecule has 0 bridgehead atoms. The lowest BCUT2D eigenvalue weighted by Crippen LogP contribution is -2.59. The number of amides is 10. The van der Waals surface area contributed by atoms with Gasteiger partial charge in [0.15, 0.2) is 0 Å². The van der Waals surface area contributed by atoms with Gasteiger partial charge >= 0.3 is 0 Å². The van der Waals surface area contributed by atoms with Gasteiger partial charge in [0.25, 0.3) is 11.8 Å². The van der Waals surface area contributed by atoms with Crippen molar-refractivity contribution in [3.8, 4) is 0 Å². The molecule has 4 aromatic rings. The van der Waals surface area contributed by atoms with Crippen molar-refractivity contribution < 1.29 is 47.9 Å². The Bertz CT molecular complexity index is 3120. The number of aryl methyl sites for hydroxylation is 2. The van der Waals surface area contributed by atoms with Crippen molar-refractivity contribution in [3.63, 3.8) is 0 Å². The minimum Gasteiger partial charge on any atom is -0.352 e. The molecule has 22 heteroatoms. The summed E-state index contributed by atoms with van der Waals surface area (Å²) in [5.74, 6) is -3.76. The highest BCUT2D eigenvalue weighted by molar-refractivity contribution is 5.98. The Labute approximate surface area is 540 Å². The van der Waals surface area contributed by atoms with E-state index in [1.54, 1.807) is 76.5 Å². The lowest BCUT2D eigenvalue weighted by Gasteiger charge is -2.36. The van der Waals surface area contributed by atoms with Crippen LogP contribution in [-0.4, -0.2) is 144 Å². The van der Waals surface area contributed by atoms with Gasteiger partial charge in [-0.3, -0.25) is 47.9 Å². The molecule has 2 fully saturated rings. The Hall–Kier alpha value is -8.50. The number of likely N-dealkylation sites (N-methyl/N-ethyl adjacent to an activating group) is 2. The molecule has 2 aliphatic carbocycles. The lowest BCUT2D eigenvalue weighted by molar-refractivity contribution is -0.144. The Morgan fingerprint density at radius 2 is 0.848 bits per heavy atom. The van der Waals surface area contributed by atoms with Gasteiger partial charge in [-0.25, -0.2) is 0 Å². The van der Waals surface area contributed by atoms with Gasteiger partial charge in [0.2, 0.25) is 47.3 Å². The van der Waals surface area contributed by atoms with E-state index >= 15 is 0 Å². The van der Waals surface area contributed by atoms with Gasteiger partial charge in [0, 0.05) is 62.2 Å². The molecule has 2 saturated heterocycles. The predicted octanol–water partition coefficient (Wildman–Crippen LogP) is 4.46. The minimum absolute atomic E-state index is 0.0426. The average molecular weight is 1260 g/mol. The highest BCUT2D eigenvalue weighted by atomic mass is 16.2. The van der Waals surface area contributed by atoms with Gasteiger partial charge in [0.05, 0.1) is 24.2 Å². The number of nitrogens with one attached hydrogen (secondary N) is 10. The molecule has 0 radical (unpaired) electrons. The van der Waals surface area contributed by atoms with Gasteiger partial charge in [-0.2, -0.15) is 0 Å². The largest absolute Gasteiger partial charge is 0.352 e. The van der Waals surface area contributed by atoms with Crippen LogP contribution in [0.1, 0.15) is 173 Å². The van der Waals surface area contributed by atoms with Gasteiger partial charge in [0.1, 0.15) is 24.2 Å². The van der Waals surface area contributed by atoms with Crippen LogP contribution in [0.15, 0.2) is 97.1 Å². The minimum atomic E-state index is -0.966. The summed E-state index contributed by atoms with van der Waals surface area (Å²) in [5, 5.41) is 29.8. The average Bonchev–Trinajstić information content (AvgIpc) is 1.60. The third-order valence-corrected chi connectivity index (χ3v) is 18.3. The first-order valence-corrected chi connectivity index (χ1v) is 32.4. The number of hydrogen-bond acceptors (Lipinski definition) is 12. The van der Waals surface area contributed by atoms with E-state index in [4.69, 9.17) is 0 Å². The summed E-state index contributed by atoms with van der Waals surface area (Å²) < 4.78 is 0. The quantitative estimate of drug-likeness (QED) is 0.0493. The number of carbonyl (C=O) groups is 10. The Balaban J connectivity index is 0.804. The van der Waals surface area contributed by atoms with E-state index < -0.39 is 82.8 Å². The van der Waals surface area contributed by atoms with E-state index in [1.807, 2.05) is 77.9 Å². The second kappa shape index (κ2) is 30.7. The molecular formula is C70H94N12O10. The highest BCUT2D eigenvalue weighted by Gasteiger charge is 2.48. The van der Waals surface area contributed by atoms with Crippen LogP contribution in [0.2, 0.25) is 0 Å². The Morgan fingerprint density at radius 3 is 1.20 bits per heavy atom.